The predicted molar refractivity (Wildman–Crippen MR) is 82.8 cm³/mol. The molecule has 0 radical (unpaired) electrons. The van der Waals surface area contributed by atoms with Crippen LogP contribution >= 0.6 is 0 Å². The smallest absolute Gasteiger partial charge is 0.379 e. The molecule has 0 spiro atoms. The molecule has 0 aromatic carbocycles. The number of amides is 1. The van der Waals surface area contributed by atoms with Crippen LogP contribution in [-0.4, -0.2) is 18.6 Å². The van der Waals surface area contributed by atoms with E-state index in [1.807, 2.05) is 6.92 Å². The van der Waals surface area contributed by atoms with Crippen LogP contribution in [0.25, 0.3) is 0 Å². The first-order chi connectivity index (χ1) is 10.1. The third kappa shape index (κ3) is 7.15. The van der Waals surface area contributed by atoms with E-state index in [-0.39, 0.29) is 6.54 Å². The van der Waals surface area contributed by atoms with E-state index in [4.69, 9.17) is 5.73 Å². The number of carbonyl (C=O) groups is 1. The normalized spacial score (nSPS) is 15.5. The van der Waals surface area contributed by atoms with Crippen molar-refractivity contribution in [2.75, 3.05) is 6.54 Å². The van der Waals surface area contributed by atoms with Crippen molar-refractivity contribution >= 4 is 5.91 Å². The number of nitrogens with one attached hydrogen (secondary N) is 1. The molecule has 0 aromatic heterocycles. The second-order valence-electron chi connectivity index (χ2n) is 4.87. The van der Waals surface area contributed by atoms with Gasteiger partial charge in [-0.2, -0.15) is 13.2 Å². The second kappa shape index (κ2) is 9.12. The van der Waals surface area contributed by atoms with Crippen LogP contribution in [0.1, 0.15) is 27.2 Å². The van der Waals surface area contributed by atoms with Gasteiger partial charge in [0.05, 0.1) is 12.1 Å². The van der Waals surface area contributed by atoms with E-state index >= 15 is 0 Å². The molecule has 0 heterocycles. The lowest BCUT2D eigenvalue weighted by atomic mass is 9.98. The topological polar surface area (TPSA) is 55.1 Å². The van der Waals surface area contributed by atoms with E-state index in [0.29, 0.717) is 12.1 Å². The van der Waals surface area contributed by atoms with E-state index in [9.17, 15) is 18.0 Å². The van der Waals surface area contributed by atoms with E-state index < -0.39 is 23.6 Å². The summed E-state index contributed by atoms with van der Waals surface area (Å²) in [6, 6.07) is 0. The van der Waals surface area contributed by atoms with Gasteiger partial charge in [-0.25, -0.2) is 0 Å². The number of nitrogens with two attached hydrogens (primary N) is 1. The molecule has 3 N–H and O–H groups in total. The molecule has 0 fully saturated rings. The molecule has 0 aromatic rings. The standard InChI is InChI=1S/C16H23F3N2O/c1-5-7-8-13(16(17,18)19)9-12(4)15(11(3)6-2)21-10-14(20)22/h5,7-9,12,21H,1,6,10H2,2-4H3,(H2,20,22)/b8-7-,13-9+,15-11-. The molecule has 6 heteroatoms. The van der Waals surface area contributed by atoms with Crippen molar-refractivity contribution in [3.63, 3.8) is 0 Å². The highest BCUT2D eigenvalue weighted by Gasteiger charge is 2.32. The van der Waals surface area contributed by atoms with Crippen molar-refractivity contribution in [3.05, 3.63) is 47.7 Å². The third-order valence-corrected chi connectivity index (χ3v) is 3.07. The predicted octanol–water partition coefficient (Wildman–Crippen LogP) is 3.61. The average Bonchev–Trinajstić information content (AvgIpc) is 2.41. The van der Waals surface area contributed by atoms with Crippen LogP contribution in [0.2, 0.25) is 0 Å². The minimum Gasteiger partial charge on any atom is -0.379 e. The largest absolute Gasteiger partial charge is 0.416 e. The molecule has 1 unspecified atom stereocenters. The van der Waals surface area contributed by atoms with Gasteiger partial charge in [-0.3, -0.25) is 4.79 Å². The fraction of sp³-hybridized carbons (Fsp3) is 0.438. The van der Waals surface area contributed by atoms with Gasteiger partial charge >= 0.3 is 6.18 Å². The Morgan fingerprint density at radius 2 is 2.00 bits per heavy atom. The number of primary amides is 1. The maximum Gasteiger partial charge on any atom is 0.416 e. The zero-order valence-corrected chi connectivity index (χ0v) is 13.1. The van der Waals surface area contributed by atoms with Crippen molar-refractivity contribution in [3.8, 4) is 0 Å². The minimum absolute atomic E-state index is 0.116. The van der Waals surface area contributed by atoms with Crippen LogP contribution in [-0.2, 0) is 4.79 Å². The molecule has 0 rings (SSSR count). The van der Waals surface area contributed by atoms with E-state index in [2.05, 4.69) is 11.9 Å². The Kier molecular flexibility index (Phi) is 8.30. The fourth-order valence-electron chi connectivity index (χ4n) is 1.84. The molecular formula is C16H23F3N2O. The van der Waals surface area contributed by atoms with Gasteiger partial charge in [-0.15, -0.1) is 0 Å². The quantitative estimate of drug-likeness (QED) is 0.672. The first kappa shape index (κ1) is 20.0. The molecule has 0 aliphatic heterocycles. The highest BCUT2D eigenvalue weighted by molar-refractivity contribution is 5.76. The second-order valence-corrected chi connectivity index (χ2v) is 4.87. The molecule has 22 heavy (non-hydrogen) atoms. The number of rotatable bonds is 8. The van der Waals surface area contributed by atoms with Crippen LogP contribution in [0.5, 0.6) is 0 Å². The molecule has 0 aliphatic carbocycles. The molecular weight excluding hydrogens is 293 g/mol. The van der Waals surface area contributed by atoms with Gasteiger partial charge < -0.3 is 11.1 Å². The number of allylic oxidation sites excluding steroid dienone is 6. The maximum atomic E-state index is 13.0. The van der Waals surface area contributed by atoms with Crippen molar-refractivity contribution in [2.45, 2.75) is 33.4 Å². The Bertz CT molecular complexity index is 488. The Morgan fingerprint density at radius 1 is 1.41 bits per heavy atom. The highest BCUT2D eigenvalue weighted by Crippen LogP contribution is 2.29. The van der Waals surface area contributed by atoms with Gasteiger partial charge in [-0.1, -0.05) is 50.3 Å². The minimum atomic E-state index is -4.46. The zero-order chi connectivity index (χ0) is 17.3. The molecule has 0 aliphatic rings. The number of halogens is 3. The summed E-state index contributed by atoms with van der Waals surface area (Å²) in [7, 11) is 0. The lowest BCUT2D eigenvalue weighted by Gasteiger charge is -2.19. The van der Waals surface area contributed by atoms with Crippen LogP contribution < -0.4 is 11.1 Å². The number of hydrogen-bond donors (Lipinski definition) is 2. The monoisotopic (exact) mass is 316 g/mol. The molecule has 0 bridgehead atoms. The maximum absolute atomic E-state index is 13.0. The molecule has 1 atom stereocenters. The molecule has 0 saturated heterocycles. The Morgan fingerprint density at radius 3 is 2.41 bits per heavy atom. The number of carbonyl (C=O) groups excluding carboxylic acids is 1. The van der Waals surface area contributed by atoms with Crippen molar-refractivity contribution in [1.82, 2.24) is 5.32 Å². The Balaban J connectivity index is 5.56. The summed E-state index contributed by atoms with van der Waals surface area (Å²) < 4.78 is 39.0. The van der Waals surface area contributed by atoms with Gasteiger partial charge in [0.25, 0.3) is 0 Å². The lowest BCUT2D eigenvalue weighted by molar-refractivity contribution is -0.117. The van der Waals surface area contributed by atoms with Crippen molar-refractivity contribution in [1.29, 1.82) is 0 Å². The van der Waals surface area contributed by atoms with Crippen LogP contribution in [0.15, 0.2) is 47.7 Å². The molecule has 0 saturated carbocycles. The highest BCUT2D eigenvalue weighted by atomic mass is 19.4. The summed E-state index contributed by atoms with van der Waals surface area (Å²) in [6.45, 7) is 8.58. The van der Waals surface area contributed by atoms with Crippen LogP contribution in [0.3, 0.4) is 0 Å². The summed E-state index contributed by atoms with van der Waals surface area (Å²) in [5.41, 5.74) is 5.77. The Labute approximate surface area is 129 Å². The third-order valence-electron chi connectivity index (χ3n) is 3.07. The Hall–Kier alpha value is -1.98. The van der Waals surface area contributed by atoms with Crippen LogP contribution in [0, 0.1) is 5.92 Å². The van der Waals surface area contributed by atoms with Crippen molar-refractivity contribution < 1.29 is 18.0 Å². The van der Waals surface area contributed by atoms with Crippen molar-refractivity contribution in [2.24, 2.45) is 11.7 Å². The first-order valence-corrected chi connectivity index (χ1v) is 6.93. The molecule has 3 nitrogen and oxygen atoms in total. The fourth-order valence-corrected chi connectivity index (χ4v) is 1.84. The zero-order valence-electron chi connectivity index (χ0n) is 13.1. The van der Waals surface area contributed by atoms with Gasteiger partial charge in [-0.05, 0) is 13.3 Å². The summed E-state index contributed by atoms with van der Waals surface area (Å²) >= 11 is 0. The lowest BCUT2D eigenvalue weighted by Crippen LogP contribution is -2.30. The molecule has 1 amide bonds. The summed E-state index contributed by atoms with van der Waals surface area (Å²) in [4.78, 5) is 10.9. The number of alkyl halides is 3. The van der Waals surface area contributed by atoms with Crippen LogP contribution in [0.4, 0.5) is 13.2 Å². The molecule has 124 valence electrons. The van der Waals surface area contributed by atoms with E-state index in [1.54, 1.807) is 13.8 Å². The summed E-state index contributed by atoms with van der Waals surface area (Å²) in [6.07, 6.45) is 0.799. The SMILES string of the molecule is C=C/C=C\C(=C/C(C)/C(NCC(N)=O)=C(\C)CC)C(F)(F)F. The number of hydrogen-bond acceptors (Lipinski definition) is 2. The first-order valence-electron chi connectivity index (χ1n) is 6.93. The average molecular weight is 316 g/mol. The summed E-state index contributed by atoms with van der Waals surface area (Å²) in [5, 5.41) is 2.83. The van der Waals surface area contributed by atoms with Gasteiger partial charge in [0, 0.05) is 11.6 Å². The summed E-state index contributed by atoms with van der Waals surface area (Å²) in [5.74, 6) is -1.11. The van der Waals surface area contributed by atoms with E-state index in [0.717, 1.165) is 17.7 Å². The van der Waals surface area contributed by atoms with Gasteiger partial charge in [0.1, 0.15) is 0 Å². The van der Waals surface area contributed by atoms with Gasteiger partial charge in [0.2, 0.25) is 5.91 Å². The van der Waals surface area contributed by atoms with E-state index in [1.165, 1.54) is 12.2 Å². The van der Waals surface area contributed by atoms with Gasteiger partial charge in [0.15, 0.2) is 0 Å².